The van der Waals surface area contributed by atoms with Crippen molar-refractivity contribution in [2.24, 2.45) is 0 Å². The van der Waals surface area contributed by atoms with Gasteiger partial charge in [0.25, 0.3) is 0 Å². The molecule has 0 aliphatic heterocycles. The first-order chi connectivity index (χ1) is 7.99. The summed E-state index contributed by atoms with van der Waals surface area (Å²) in [5.41, 5.74) is 3.02. The fourth-order valence-corrected chi connectivity index (χ4v) is 2.31. The van der Waals surface area contributed by atoms with Crippen LogP contribution >= 0.6 is 39.1 Å². The molecule has 0 N–H and O–H groups in total. The van der Waals surface area contributed by atoms with E-state index in [0.717, 1.165) is 21.4 Å². The van der Waals surface area contributed by atoms with Gasteiger partial charge in [-0.25, -0.2) is 0 Å². The minimum atomic E-state index is 0.623. The van der Waals surface area contributed by atoms with Crippen molar-refractivity contribution < 1.29 is 0 Å². The number of nitrogens with zero attached hydrogens (tertiary/aromatic N) is 2. The van der Waals surface area contributed by atoms with Crippen molar-refractivity contribution in [2.45, 2.75) is 20.4 Å². The zero-order chi connectivity index (χ0) is 12.6. The SMILES string of the molecule is Cc1nn(Cc2cc(Cl)ccc2Cl)c(C)c1Br. The summed E-state index contributed by atoms with van der Waals surface area (Å²) in [7, 11) is 0. The Morgan fingerprint density at radius 1 is 1.29 bits per heavy atom. The van der Waals surface area contributed by atoms with Crippen LogP contribution < -0.4 is 0 Å². The van der Waals surface area contributed by atoms with Gasteiger partial charge in [0.15, 0.2) is 0 Å². The maximum atomic E-state index is 6.13. The summed E-state index contributed by atoms with van der Waals surface area (Å²) in [6.07, 6.45) is 0. The molecule has 0 fully saturated rings. The molecule has 0 bridgehead atoms. The molecule has 0 unspecified atom stereocenters. The van der Waals surface area contributed by atoms with Gasteiger partial charge in [0, 0.05) is 10.0 Å². The Morgan fingerprint density at radius 3 is 2.59 bits per heavy atom. The Hall–Kier alpha value is -0.510. The minimum Gasteiger partial charge on any atom is -0.264 e. The van der Waals surface area contributed by atoms with E-state index in [2.05, 4.69) is 21.0 Å². The van der Waals surface area contributed by atoms with Crippen molar-refractivity contribution in [3.63, 3.8) is 0 Å². The molecule has 0 aliphatic rings. The Balaban J connectivity index is 2.37. The Bertz CT molecular complexity index is 564. The van der Waals surface area contributed by atoms with Gasteiger partial charge in [-0.1, -0.05) is 23.2 Å². The van der Waals surface area contributed by atoms with Gasteiger partial charge in [-0.3, -0.25) is 4.68 Å². The highest BCUT2D eigenvalue weighted by Gasteiger charge is 2.10. The van der Waals surface area contributed by atoms with Gasteiger partial charge in [-0.15, -0.1) is 0 Å². The van der Waals surface area contributed by atoms with Crippen LogP contribution in [0.15, 0.2) is 22.7 Å². The summed E-state index contributed by atoms with van der Waals surface area (Å²) >= 11 is 15.6. The predicted molar refractivity (Wildman–Crippen MR) is 75.0 cm³/mol. The summed E-state index contributed by atoms with van der Waals surface area (Å²) in [4.78, 5) is 0. The molecule has 2 nitrogen and oxygen atoms in total. The van der Waals surface area contributed by atoms with Gasteiger partial charge in [0.2, 0.25) is 0 Å². The van der Waals surface area contributed by atoms with Crippen LogP contribution in [0.2, 0.25) is 10.0 Å². The van der Waals surface area contributed by atoms with Gasteiger partial charge in [0.05, 0.1) is 22.4 Å². The quantitative estimate of drug-likeness (QED) is 0.784. The number of benzene rings is 1. The maximum Gasteiger partial charge on any atom is 0.0738 e. The third kappa shape index (κ3) is 2.67. The van der Waals surface area contributed by atoms with Crippen LogP contribution in [0.1, 0.15) is 17.0 Å². The van der Waals surface area contributed by atoms with E-state index in [0.29, 0.717) is 16.6 Å². The largest absolute Gasteiger partial charge is 0.264 e. The van der Waals surface area contributed by atoms with Crippen molar-refractivity contribution in [1.82, 2.24) is 9.78 Å². The molecule has 2 rings (SSSR count). The van der Waals surface area contributed by atoms with E-state index in [4.69, 9.17) is 23.2 Å². The van der Waals surface area contributed by atoms with Crippen LogP contribution in [-0.4, -0.2) is 9.78 Å². The summed E-state index contributed by atoms with van der Waals surface area (Å²) in [5, 5.41) is 5.84. The highest BCUT2D eigenvalue weighted by Crippen LogP contribution is 2.24. The fraction of sp³-hybridized carbons (Fsp3) is 0.250. The van der Waals surface area contributed by atoms with Crippen molar-refractivity contribution in [3.05, 3.63) is 49.7 Å². The number of halogens is 3. The Kier molecular flexibility index (Phi) is 3.81. The predicted octanol–water partition coefficient (Wildman–Crippen LogP) is 4.62. The maximum absolute atomic E-state index is 6.13. The molecule has 0 saturated carbocycles. The molecule has 17 heavy (non-hydrogen) atoms. The minimum absolute atomic E-state index is 0.623. The van der Waals surface area contributed by atoms with Crippen LogP contribution in [0.4, 0.5) is 0 Å². The van der Waals surface area contributed by atoms with Crippen molar-refractivity contribution in [1.29, 1.82) is 0 Å². The zero-order valence-electron chi connectivity index (χ0n) is 9.47. The summed E-state index contributed by atoms with van der Waals surface area (Å²) in [5.74, 6) is 0. The van der Waals surface area contributed by atoms with Gasteiger partial charge in [-0.05, 0) is 53.5 Å². The molecule has 0 atom stereocenters. The summed E-state index contributed by atoms with van der Waals surface area (Å²) < 4.78 is 2.95. The molecule has 1 aromatic heterocycles. The molecular formula is C12H11BrCl2N2. The number of aromatic nitrogens is 2. The lowest BCUT2D eigenvalue weighted by atomic mass is 10.2. The number of hydrogen-bond acceptors (Lipinski definition) is 1. The first-order valence-electron chi connectivity index (χ1n) is 5.12. The smallest absolute Gasteiger partial charge is 0.0738 e. The summed E-state index contributed by atoms with van der Waals surface area (Å²) in [6.45, 7) is 4.60. The third-order valence-electron chi connectivity index (χ3n) is 2.62. The lowest BCUT2D eigenvalue weighted by Gasteiger charge is -2.07. The van der Waals surface area contributed by atoms with Crippen LogP contribution in [0, 0.1) is 13.8 Å². The molecule has 90 valence electrons. The first-order valence-corrected chi connectivity index (χ1v) is 6.67. The van der Waals surface area contributed by atoms with Gasteiger partial charge in [0.1, 0.15) is 0 Å². The Morgan fingerprint density at radius 2 is 2.00 bits per heavy atom. The van der Waals surface area contributed by atoms with E-state index in [1.165, 1.54) is 0 Å². The van der Waals surface area contributed by atoms with E-state index in [9.17, 15) is 0 Å². The number of rotatable bonds is 2. The molecular weight excluding hydrogens is 323 g/mol. The van der Waals surface area contributed by atoms with Gasteiger partial charge < -0.3 is 0 Å². The second kappa shape index (κ2) is 5.01. The summed E-state index contributed by atoms with van der Waals surface area (Å²) in [6, 6.07) is 5.46. The van der Waals surface area contributed by atoms with Crippen LogP contribution in [0.25, 0.3) is 0 Å². The normalized spacial score (nSPS) is 10.9. The fourth-order valence-electron chi connectivity index (χ4n) is 1.65. The van der Waals surface area contributed by atoms with Gasteiger partial charge in [-0.2, -0.15) is 5.10 Å². The van der Waals surface area contributed by atoms with Crippen molar-refractivity contribution in [3.8, 4) is 0 Å². The van der Waals surface area contributed by atoms with Crippen LogP contribution in [-0.2, 0) is 6.54 Å². The third-order valence-corrected chi connectivity index (χ3v) is 4.37. The van der Waals surface area contributed by atoms with E-state index in [-0.39, 0.29) is 0 Å². The molecule has 2 aromatic rings. The molecule has 1 aromatic carbocycles. The van der Waals surface area contributed by atoms with E-state index >= 15 is 0 Å². The van der Waals surface area contributed by atoms with E-state index in [1.54, 1.807) is 12.1 Å². The lowest BCUT2D eigenvalue weighted by molar-refractivity contribution is 0.659. The lowest BCUT2D eigenvalue weighted by Crippen LogP contribution is -2.04. The molecule has 0 saturated heterocycles. The monoisotopic (exact) mass is 332 g/mol. The van der Waals surface area contributed by atoms with E-state index in [1.807, 2.05) is 24.6 Å². The first kappa shape index (κ1) is 12.9. The molecule has 0 aliphatic carbocycles. The second-order valence-electron chi connectivity index (χ2n) is 3.88. The Labute approximate surface area is 119 Å². The van der Waals surface area contributed by atoms with Crippen LogP contribution in [0.3, 0.4) is 0 Å². The average molecular weight is 334 g/mol. The highest BCUT2D eigenvalue weighted by molar-refractivity contribution is 9.10. The van der Waals surface area contributed by atoms with E-state index < -0.39 is 0 Å². The topological polar surface area (TPSA) is 17.8 Å². The van der Waals surface area contributed by atoms with Crippen molar-refractivity contribution in [2.75, 3.05) is 0 Å². The number of hydrogen-bond donors (Lipinski definition) is 0. The van der Waals surface area contributed by atoms with Crippen LogP contribution in [0.5, 0.6) is 0 Å². The molecule has 1 heterocycles. The molecule has 0 amide bonds. The second-order valence-corrected chi connectivity index (χ2v) is 5.51. The zero-order valence-corrected chi connectivity index (χ0v) is 12.6. The van der Waals surface area contributed by atoms with Crippen molar-refractivity contribution >= 4 is 39.1 Å². The average Bonchev–Trinajstić information content (AvgIpc) is 2.52. The molecule has 5 heteroatoms. The number of aryl methyl sites for hydroxylation is 1. The highest BCUT2D eigenvalue weighted by atomic mass is 79.9. The molecule has 0 radical (unpaired) electrons. The standard InChI is InChI=1S/C12H11BrCl2N2/c1-7-12(13)8(2)17(16-7)6-9-5-10(14)3-4-11(9)15/h3-5H,6H2,1-2H3. The van der Waals surface area contributed by atoms with Gasteiger partial charge >= 0.3 is 0 Å². The molecule has 0 spiro atoms.